The van der Waals surface area contributed by atoms with Gasteiger partial charge >= 0.3 is 6.18 Å². The van der Waals surface area contributed by atoms with Crippen LogP contribution in [0.2, 0.25) is 0 Å². The molecule has 1 aromatic rings. The van der Waals surface area contributed by atoms with E-state index in [1.807, 2.05) is 30.2 Å². The fraction of sp³-hybridized carbons (Fsp3) is 0.250. The summed E-state index contributed by atoms with van der Waals surface area (Å²) in [6.07, 6.45) is 2.58. The fourth-order valence-corrected chi connectivity index (χ4v) is 1.63. The van der Waals surface area contributed by atoms with Crippen molar-refractivity contribution in [3.05, 3.63) is 47.8 Å². The number of alkyl halides is 3. The number of halogens is 3. The number of nitrogens with zero attached hydrogens (tertiary/aromatic N) is 2. The Bertz CT molecular complexity index is 458. The molecule has 17 heavy (non-hydrogen) atoms. The molecule has 1 aliphatic heterocycles. The summed E-state index contributed by atoms with van der Waals surface area (Å²) >= 11 is 0. The van der Waals surface area contributed by atoms with E-state index in [9.17, 15) is 13.2 Å². The summed E-state index contributed by atoms with van der Waals surface area (Å²) in [6.45, 7) is 0.743. The molecule has 2 heterocycles. The van der Waals surface area contributed by atoms with E-state index in [1.54, 1.807) is 0 Å². The van der Waals surface area contributed by atoms with E-state index in [-0.39, 0.29) is 0 Å². The second-order valence-corrected chi connectivity index (χ2v) is 3.79. The van der Waals surface area contributed by atoms with Gasteiger partial charge in [-0.15, -0.1) is 0 Å². The van der Waals surface area contributed by atoms with Crippen molar-refractivity contribution in [2.45, 2.75) is 6.18 Å². The molecule has 0 fully saturated rings. The van der Waals surface area contributed by atoms with Gasteiger partial charge in [0, 0.05) is 31.0 Å². The second kappa shape index (κ2) is 4.24. The second-order valence-electron chi connectivity index (χ2n) is 3.79. The summed E-state index contributed by atoms with van der Waals surface area (Å²) in [5.41, 5.74) is 0.689. The Balaban J connectivity index is 2.30. The van der Waals surface area contributed by atoms with E-state index >= 15 is 0 Å². The minimum atomic E-state index is -4.38. The van der Waals surface area contributed by atoms with Gasteiger partial charge in [-0.25, -0.2) is 0 Å². The van der Waals surface area contributed by atoms with Crippen molar-refractivity contribution < 1.29 is 13.2 Å². The van der Waals surface area contributed by atoms with Crippen LogP contribution in [-0.2, 0) is 6.18 Å². The smallest absolute Gasteiger partial charge is 0.370 e. The zero-order chi connectivity index (χ0) is 12.5. The molecule has 1 aliphatic rings. The predicted octanol–water partition coefficient (Wildman–Crippen LogP) is 2.94. The Morgan fingerprint density at radius 3 is 2.59 bits per heavy atom. The third kappa shape index (κ3) is 2.49. The molecule has 1 aromatic heterocycles. The van der Waals surface area contributed by atoms with Crippen molar-refractivity contribution in [1.29, 1.82) is 0 Å². The van der Waals surface area contributed by atoms with Crippen molar-refractivity contribution in [3.8, 4) is 0 Å². The standard InChI is InChI=1S/C12H11F3N2/c1-17-7-3-2-4-10(17)9-5-6-11(16-8-9)12(13,14)15/h2-6,8H,7H2,1H3. The van der Waals surface area contributed by atoms with Gasteiger partial charge in [-0.3, -0.25) is 4.98 Å². The average Bonchev–Trinajstić information content (AvgIpc) is 2.29. The number of rotatable bonds is 1. The van der Waals surface area contributed by atoms with Crippen molar-refractivity contribution in [2.24, 2.45) is 0 Å². The van der Waals surface area contributed by atoms with Crippen LogP contribution in [0.1, 0.15) is 11.3 Å². The summed E-state index contributed by atoms with van der Waals surface area (Å²) in [7, 11) is 1.88. The Morgan fingerprint density at radius 2 is 2.06 bits per heavy atom. The predicted molar refractivity (Wildman–Crippen MR) is 59.0 cm³/mol. The van der Waals surface area contributed by atoms with Crippen LogP contribution < -0.4 is 0 Å². The van der Waals surface area contributed by atoms with Crippen LogP contribution in [0.4, 0.5) is 13.2 Å². The highest BCUT2D eigenvalue weighted by molar-refractivity contribution is 5.66. The molecular formula is C12H11F3N2. The number of allylic oxidation sites excluding steroid dienone is 2. The van der Waals surface area contributed by atoms with Crippen molar-refractivity contribution in [3.63, 3.8) is 0 Å². The van der Waals surface area contributed by atoms with E-state index in [1.165, 1.54) is 12.3 Å². The molecule has 0 unspecified atom stereocenters. The SMILES string of the molecule is CN1CC=CC=C1c1ccc(C(F)(F)F)nc1. The first-order valence-electron chi connectivity index (χ1n) is 5.10. The molecule has 0 aliphatic carbocycles. The maximum atomic E-state index is 12.3. The molecule has 0 saturated heterocycles. The summed E-state index contributed by atoms with van der Waals surface area (Å²) in [5.74, 6) is 0. The third-order valence-corrected chi connectivity index (χ3v) is 2.53. The van der Waals surface area contributed by atoms with Gasteiger partial charge in [-0.05, 0) is 18.2 Å². The van der Waals surface area contributed by atoms with Gasteiger partial charge in [0.25, 0.3) is 0 Å². The van der Waals surface area contributed by atoms with E-state index in [0.29, 0.717) is 5.56 Å². The number of hydrogen-bond donors (Lipinski definition) is 0. The van der Waals surface area contributed by atoms with E-state index in [4.69, 9.17) is 0 Å². The summed E-state index contributed by atoms with van der Waals surface area (Å²) < 4.78 is 37.0. The molecule has 0 bridgehead atoms. The Morgan fingerprint density at radius 1 is 1.29 bits per heavy atom. The van der Waals surface area contributed by atoms with Gasteiger partial charge in [-0.1, -0.05) is 12.2 Å². The highest BCUT2D eigenvalue weighted by atomic mass is 19.4. The monoisotopic (exact) mass is 240 g/mol. The minimum absolute atomic E-state index is 0.685. The van der Waals surface area contributed by atoms with Crippen LogP contribution in [0, 0.1) is 0 Å². The molecule has 2 nitrogen and oxygen atoms in total. The van der Waals surface area contributed by atoms with E-state index < -0.39 is 11.9 Å². The molecule has 2 rings (SSSR count). The van der Waals surface area contributed by atoms with Crippen LogP contribution >= 0.6 is 0 Å². The number of likely N-dealkylation sites (N-methyl/N-ethyl adjacent to an activating group) is 1. The normalized spacial score (nSPS) is 16.0. The minimum Gasteiger partial charge on any atom is -0.370 e. The molecule has 0 saturated carbocycles. The molecule has 0 spiro atoms. The summed E-state index contributed by atoms with van der Waals surface area (Å²) in [6, 6.07) is 2.44. The lowest BCUT2D eigenvalue weighted by Gasteiger charge is -2.23. The number of pyridine rings is 1. The van der Waals surface area contributed by atoms with Gasteiger partial charge < -0.3 is 4.90 Å². The maximum Gasteiger partial charge on any atom is 0.433 e. The quantitative estimate of drug-likeness (QED) is 0.750. The number of hydrogen-bond acceptors (Lipinski definition) is 2. The largest absolute Gasteiger partial charge is 0.433 e. The first kappa shape index (κ1) is 11.7. The lowest BCUT2D eigenvalue weighted by Crippen LogP contribution is -2.19. The molecule has 5 heteroatoms. The Kier molecular flexibility index (Phi) is 2.92. The van der Waals surface area contributed by atoms with Crippen LogP contribution in [0.25, 0.3) is 5.70 Å². The van der Waals surface area contributed by atoms with Crippen LogP contribution in [-0.4, -0.2) is 23.5 Å². The molecule has 0 aromatic carbocycles. The topological polar surface area (TPSA) is 16.1 Å². The van der Waals surface area contributed by atoms with Crippen LogP contribution in [0.3, 0.4) is 0 Å². The van der Waals surface area contributed by atoms with Gasteiger partial charge in [0.1, 0.15) is 5.69 Å². The Hall–Kier alpha value is -1.78. The first-order chi connectivity index (χ1) is 7.98. The lowest BCUT2D eigenvalue weighted by molar-refractivity contribution is -0.141. The van der Waals surface area contributed by atoms with Gasteiger partial charge in [0.2, 0.25) is 0 Å². The molecule has 90 valence electrons. The molecule has 0 N–H and O–H groups in total. The van der Waals surface area contributed by atoms with Crippen LogP contribution in [0.5, 0.6) is 0 Å². The molecule has 0 atom stereocenters. The maximum absolute atomic E-state index is 12.3. The molecular weight excluding hydrogens is 229 g/mol. The summed E-state index contributed by atoms with van der Waals surface area (Å²) in [4.78, 5) is 5.39. The zero-order valence-electron chi connectivity index (χ0n) is 9.20. The molecule has 0 radical (unpaired) electrons. The summed E-state index contributed by atoms with van der Waals surface area (Å²) in [5, 5.41) is 0. The van der Waals surface area contributed by atoms with Crippen molar-refractivity contribution >= 4 is 5.70 Å². The van der Waals surface area contributed by atoms with Gasteiger partial charge in [0.15, 0.2) is 0 Å². The average molecular weight is 240 g/mol. The Labute approximate surface area is 97.1 Å². The van der Waals surface area contributed by atoms with Gasteiger partial charge in [0.05, 0.1) is 0 Å². The van der Waals surface area contributed by atoms with E-state index in [0.717, 1.165) is 18.3 Å². The van der Waals surface area contributed by atoms with Gasteiger partial charge in [-0.2, -0.15) is 13.2 Å². The highest BCUT2D eigenvalue weighted by Gasteiger charge is 2.32. The van der Waals surface area contributed by atoms with Crippen molar-refractivity contribution in [1.82, 2.24) is 9.88 Å². The zero-order valence-corrected chi connectivity index (χ0v) is 9.20. The first-order valence-corrected chi connectivity index (χ1v) is 5.10. The van der Waals surface area contributed by atoms with E-state index in [2.05, 4.69) is 4.98 Å². The van der Waals surface area contributed by atoms with Crippen LogP contribution in [0.15, 0.2) is 36.6 Å². The molecule has 0 amide bonds. The number of aromatic nitrogens is 1. The highest BCUT2D eigenvalue weighted by Crippen LogP contribution is 2.28. The lowest BCUT2D eigenvalue weighted by atomic mass is 10.1. The third-order valence-electron chi connectivity index (χ3n) is 2.53. The van der Waals surface area contributed by atoms with Crippen molar-refractivity contribution in [2.75, 3.05) is 13.6 Å². The fourth-order valence-electron chi connectivity index (χ4n) is 1.63.